The number of rotatable bonds is 8. The minimum Gasteiger partial charge on any atom is -0.481 e. The summed E-state index contributed by atoms with van der Waals surface area (Å²) in [5.74, 6) is -2.63. The Kier molecular flexibility index (Phi) is 8.53. The van der Waals surface area contributed by atoms with Gasteiger partial charge in [0, 0.05) is 0 Å². The third-order valence-electron chi connectivity index (χ3n) is 3.54. The Labute approximate surface area is 149 Å². The van der Waals surface area contributed by atoms with Crippen LogP contribution in [0.25, 0.3) is 0 Å². The van der Waals surface area contributed by atoms with Crippen molar-refractivity contribution in [1.29, 1.82) is 0 Å². The summed E-state index contributed by atoms with van der Waals surface area (Å²) >= 11 is 0. The molecular formula is C17H32N2O6. The Balaban J connectivity index is 5.09. The van der Waals surface area contributed by atoms with E-state index in [1.54, 1.807) is 0 Å². The third kappa shape index (κ3) is 8.31. The number of aliphatic carboxylic acids is 1. The normalized spacial score (nSPS) is 14.8. The fraction of sp³-hybridized carbons (Fsp3) is 0.824. The van der Waals surface area contributed by atoms with E-state index in [2.05, 4.69) is 10.1 Å². The second kappa shape index (κ2) is 9.15. The highest BCUT2D eigenvalue weighted by molar-refractivity contribution is 5.89. The number of hydrogen-bond donors (Lipinski definition) is 3. The predicted molar refractivity (Wildman–Crippen MR) is 92.8 cm³/mol. The van der Waals surface area contributed by atoms with E-state index in [4.69, 9.17) is 15.6 Å². The number of methoxy groups -OCH3 is 1. The van der Waals surface area contributed by atoms with Crippen LogP contribution in [0.2, 0.25) is 0 Å². The monoisotopic (exact) mass is 360 g/mol. The second-order valence-electron chi connectivity index (χ2n) is 8.23. The van der Waals surface area contributed by atoms with E-state index >= 15 is 0 Å². The first-order chi connectivity index (χ1) is 11.2. The predicted octanol–water partition coefficient (Wildman–Crippen LogP) is 0.924. The topological polar surface area (TPSA) is 128 Å². The molecular weight excluding hydrogens is 328 g/mol. The fourth-order valence-electron chi connectivity index (χ4n) is 2.86. The molecule has 0 heterocycles. The van der Waals surface area contributed by atoms with Crippen molar-refractivity contribution < 1.29 is 29.0 Å². The Morgan fingerprint density at radius 1 is 1.08 bits per heavy atom. The Morgan fingerprint density at radius 3 is 1.92 bits per heavy atom. The maximum absolute atomic E-state index is 12.0. The summed E-state index contributed by atoms with van der Waals surface area (Å²) in [6, 6.07) is -2.32. The zero-order valence-corrected chi connectivity index (χ0v) is 16.2. The van der Waals surface area contributed by atoms with Gasteiger partial charge in [-0.15, -0.1) is 0 Å². The van der Waals surface area contributed by atoms with Crippen LogP contribution in [0.15, 0.2) is 0 Å². The van der Waals surface area contributed by atoms with Crippen LogP contribution in [0.3, 0.4) is 0 Å². The van der Waals surface area contributed by atoms with Crippen LogP contribution in [0.4, 0.5) is 0 Å². The van der Waals surface area contributed by atoms with Gasteiger partial charge in [-0.2, -0.15) is 0 Å². The van der Waals surface area contributed by atoms with Crippen molar-refractivity contribution in [3.8, 4) is 0 Å². The largest absolute Gasteiger partial charge is 0.481 e. The van der Waals surface area contributed by atoms with Crippen LogP contribution in [0.5, 0.6) is 0 Å². The first-order valence-electron chi connectivity index (χ1n) is 8.17. The van der Waals surface area contributed by atoms with Gasteiger partial charge in [-0.25, -0.2) is 4.79 Å². The number of hydrogen-bond acceptors (Lipinski definition) is 6. The zero-order chi connectivity index (χ0) is 20.0. The van der Waals surface area contributed by atoms with Crippen molar-refractivity contribution in [3.63, 3.8) is 0 Å². The second-order valence-corrected chi connectivity index (χ2v) is 8.23. The zero-order valence-electron chi connectivity index (χ0n) is 16.2. The minimum atomic E-state index is -1.26. The van der Waals surface area contributed by atoms with E-state index in [0.29, 0.717) is 0 Å². The number of esters is 1. The van der Waals surface area contributed by atoms with Crippen molar-refractivity contribution in [1.82, 2.24) is 5.32 Å². The van der Waals surface area contributed by atoms with Crippen molar-refractivity contribution in [3.05, 3.63) is 0 Å². The van der Waals surface area contributed by atoms with E-state index in [1.165, 1.54) is 7.11 Å². The van der Waals surface area contributed by atoms with E-state index in [-0.39, 0.29) is 23.5 Å². The van der Waals surface area contributed by atoms with Crippen LogP contribution in [-0.4, -0.2) is 54.9 Å². The molecule has 0 fully saturated rings. The van der Waals surface area contributed by atoms with Crippen LogP contribution < -0.4 is 11.1 Å². The van der Waals surface area contributed by atoms with Crippen molar-refractivity contribution in [2.45, 2.75) is 66.2 Å². The van der Waals surface area contributed by atoms with Gasteiger partial charge in [0.05, 0.1) is 32.3 Å². The van der Waals surface area contributed by atoms with Gasteiger partial charge >= 0.3 is 11.9 Å². The molecule has 0 saturated heterocycles. The number of carbonyl (C=O) groups is 3. The molecule has 0 spiro atoms. The molecule has 0 saturated carbocycles. The number of ether oxygens (including phenoxy) is 2. The molecule has 8 heteroatoms. The maximum Gasteiger partial charge on any atom is 0.330 e. The van der Waals surface area contributed by atoms with Crippen molar-refractivity contribution in [2.24, 2.45) is 16.6 Å². The molecule has 4 N–H and O–H groups in total. The Morgan fingerprint density at radius 2 is 1.56 bits per heavy atom. The highest BCUT2D eigenvalue weighted by Crippen LogP contribution is 2.36. The van der Waals surface area contributed by atoms with Crippen LogP contribution in [-0.2, 0) is 23.9 Å². The summed E-state index contributed by atoms with van der Waals surface area (Å²) in [5.41, 5.74) is 5.13. The quantitative estimate of drug-likeness (QED) is 0.549. The number of nitrogens with two attached hydrogens (primary N) is 1. The summed E-state index contributed by atoms with van der Waals surface area (Å²) in [4.78, 5) is 34.6. The minimum absolute atomic E-state index is 0.0998. The van der Waals surface area contributed by atoms with Crippen LogP contribution >= 0.6 is 0 Å². The van der Waals surface area contributed by atoms with Gasteiger partial charge in [0.1, 0.15) is 0 Å². The molecule has 0 aromatic rings. The van der Waals surface area contributed by atoms with Gasteiger partial charge in [0.25, 0.3) is 0 Å². The molecule has 25 heavy (non-hydrogen) atoms. The molecule has 146 valence electrons. The SMILES string of the molecule is COC(=O)[C@H](COC(C(C)(C)C)C(C)(C)C)NC(=O)[C@@H](N)CC(=O)O. The molecule has 0 unspecified atom stereocenters. The summed E-state index contributed by atoms with van der Waals surface area (Å²) in [6.07, 6.45) is -0.732. The lowest BCUT2D eigenvalue weighted by Gasteiger charge is -2.41. The Hall–Kier alpha value is -1.67. The molecule has 0 aromatic carbocycles. The lowest BCUT2D eigenvalue weighted by molar-refractivity contribution is -0.151. The smallest absolute Gasteiger partial charge is 0.330 e. The van der Waals surface area contributed by atoms with Gasteiger partial charge in [-0.3, -0.25) is 9.59 Å². The highest BCUT2D eigenvalue weighted by Gasteiger charge is 2.37. The first kappa shape index (κ1) is 23.3. The molecule has 0 aromatic heterocycles. The lowest BCUT2D eigenvalue weighted by Crippen LogP contribution is -2.52. The van der Waals surface area contributed by atoms with Gasteiger partial charge in [0.2, 0.25) is 5.91 Å². The average Bonchev–Trinajstić information content (AvgIpc) is 2.41. The molecule has 0 aliphatic rings. The first-order valence-corrected chi connectivity index (χ1v) is 8.17. The molecule has 0 aliphatic carbocycles. The summed E-state index contributed by atoms with van der Waals surface area (Å²) in [7, 11) is 1.20. The number of carboxylic acids is 1. The van der Waals surface area contributed by atoms with Crippen molar-refractivity contribution in [2.75, 3.05) is 13.7 Å². The van der Waals surface area contributed by atoms with E-state index in [1.807, 2.05) is 41.5 Å². The molecule has 2 atom stereocenters. The van der Waals surface area contributed by atoms with Gasteiger partial charge < -0.3 is 25.6 Å². The number of amides is 1. The molecule has 0 rings (SSSR count). The standard InChI is InChI=1S/C17H32N2O6/c1-16(2,3)15(17(4,5)6)25-9-11(14(23)24-7)19-13(22)10(18)8-12(20)21/h10-11,15H,8-9,18H2,1-7H3,(H,19,22)(H,20,21)/t10-,11-/m0/s1. The van der Waals surface area contributed by atoms with E-state index in [9.17, 15) is 14.4 Å². The molecule has 0 aliphatic heterocycles. The third-order valence-corrected chi connectivity index (χ3v) is 3.54. The highest BCUT2D eigenvalue weighted by atomic mass is 16.5. The van der Waals surface area contributed by atoms with Gasteiger partial charge in [0.15, 0.2) is 6.04 Å². The number of nitrogens with one attached hydrogen (secondary N) is 1. The fourth-order valence-corrected chi connectivity index (χ4v) is 2.86. The molecule has 1 amide bonds. The lowest BCUT2D eigenvalue weighted by atomic mass is 9.74. The van der Waals surface area contributed by atoms with E-state index < -0.39 is 36.4 Å². The summed E-state index contributed by atoms with van der Waals surface area (Å²) in [6.45, 7) is 12.1. The van der Waals surface area contributed by atoms with E-state index in [0.717, 1.165) is 0 Å². The molecule has 0 radical (unpaired) electrons. The average molecular weight is 360 g/mol. The van der Waals surface area contributed by atoms with Crippen LogP contribution in [0.1, 0.15) is 48.0 Å². The molecule has 8 nitrogen and oxygen atoms in total. The van der Waals surface area contributed by atoms with Gasteiger partial charge in [-0.1, -0.05) is 41.5 Å². The summed E-state index contributed by atoms with van der Waals surface area (Å²) in [5, 5.41) is 11.1. The van der Waals surface area contributed by atoms with Crippen molar-refractivity contribution >= 4 is 17.8 Å². The number of carboxylic acid groups (broad SMARTS) is 1. The Bertz CT molecular complexity index is 465. The summed E-state index contributed by atoms with van der Waals surface area (Å²) < 4.78 is 10.6. The number of carbonyl (C=O) groups excluding carboxylic acids is 2. The van der Waals surface area contributed by atoms with Crippen LogP contribution in [0, 0.1) is 10.8 Å². The maximum atomic E-state index is 12.0. The van der Waals surface area contributed by atoms with Gasteiger partial charge in [-0.05, 0) is 10.8 Å². The molecule has 0 bridgehead atoms.